The predicted molar refractivity (Wildman–Crippen MR) is 99.6 cm³/mol. The zero-order chi connectivity index (χ0) is 18.7. The number of amides is 2. The van der Waals surface area contributed by atoms with Crippen LogP contribution in [-0.4, -0.2) is 29.6 Å². The van der Waals surface area contributed by atoms with Crippen LogP contribution in [0.25, 0.3) is 0 Å². The highest BCUT2D eigenvalue weighted by molar-refractivity contribution is 6.06. The molecule has 0 radical (unpaired) electrons. The second-order valence-corrected chi connectivity index (χ2v) is 6.43. The number of benzene rings is 2. The first kappa shape index (κ1) is 17.9. The lowest BCUT2D eigenvalue weighted by Crippen LogP contribution is -2.26. The number of phenolic OH excluding ortho intramolecular Hbond substituents is 1. The molecular formula is C20H22N2O4. The average Bonchev–Trinajstić information content (AvgIpc) is 3.16. The SMILES string of the molecule is Cc1ccc(C(=O)Nc2ccc(NC(=O)C3CCCO3)cc2)c(O)c1C. The highest BCUT2D eigenvalue weighted by Gasteiger charge is 2.23. The third-order valence-electron chi connectivity index (χ3n) is 4.58. The zero-order valence-electron chi connectivity index (χ0n) is 14.8. The van der Waals surface area contributed by atoms with Crippen molar-refractivity contribution in [2.75, 3.05) is 17.2 Å². The van der Waals surface area contributed by atoms with E-state index in [9.17, 15) is 14.7 Å². The summed E-state index contributed by atoms with van der Waals surface area (Å²) in [5, 5.41) is 15.7. The third-order valence-corrected chi connectivity index (χ3v) is 4.58. The molecule has 1 fully saturated rings. The van der Waals surface area contributed by atoms with Crippen molar-refractivity contribution in [2.45, 2.75) is 32.8 Å². The molecular weight excluding hydrogens is 332 g/mol. The van der Waals surface area contributed by atoms with Crippen LogP contribution < -0.4 is 10.6 Å². The Hall–Kier alpha value is -2.86. The van der Waals surface area contributed by atoms with Gasteiger partial charge in [-0.3, -0.25) is 9.59 Å². The van der Waals surface area contributed by atoms with Crippen molar-refractivity contribution >= 4 is 23.2 Å². The van der Waals surface area contributed by atoms with E-state index < -0.39 is 0 Å². The summed E-state index contributed by atoms with van der Waals surface area (Å²) in [6.45, 7) is 4.27. The lowest BCUT2D eigenvalue weighted by Gasteiger charge is -2.12. The summed E-state index contributed by atoms with van der Waals surface area (Å²) in [6.07, 6.45) is 1.25. The number of anilines is 2. The Morgan fingerprint density at radius 2 is 1.69 bits per heavy atom. The first-order chi connectivity index (χ1) is 12.5. The van der Waals surface area contributed by atoms with Crippen LogP contribution in [0.5, 0.6) is 5.75 Å². The molecule has 0 bridgehead atoms. The minimum Gasteiger partial charge on any atom is -0.507 e. The molecule has 1 saturated heterocycles. The number of hydrogen-bond donors (Lipinski definition) is 3. The quantitative estimate of drug-likeness (QED) is 0.785. The Morgan fingerprint density at radius 3 is 2.31 bits per heavy atom. The minimum atomic E-state index is -0.387. The molecule has 0 aromatic heterocycles. The van der Waals surface area contributed by atoms with Crippen LogP contribution in [0.2, 0.25) is 0 Å². The van der Waals surface area contributed by atoms with Gasteiger partial charge >= 0.3 is 0 Å². The van der Waals surface area contributed by atoms with Crippen molar-refractivity contribution in [1.29, 1.82) is 0 Å². The van der Waals surface area contributed by atoms with Crippen LogP contribution in [0.4, 0.5) is 11.4 Å². The fourth-order valence-corrected chi connectivity index (χ4v) is 2.83. The van der Waals surface area contributed by atoms with Gasteiger partial charge in [0.25, 0.3) is 11.8 Å². The van der Waals surface area contributed by atoms with Crippen LogP contribution >= 0.6 is 0 Å². The summed E-state index contributed by atoms with van der Waals surface area (Å²) in [6, 6.07) is 10.2. The number of aromatic hydroxyl groups is 1. The Bertz CT molecular complexity index is 824. The second kappa shape index (κ2) is 7.58. The monoisotopic (exact) mass is 354 g/mol. The molecule has 2 aromatic rings. The average molecular weight is 354 g/mol. The van der Waals surface area contributed by atoms with E-state index in [0.29, 0.717) is 23.5 Å². The number of hydrogen-bond acceptors (Lipinski definition) is 4. The smallest absolute Gasteiger partial charge is 0.259 e. The normalized spacial score (nSPS) is 16.3. The number of phenols is 1. The Kier molecular flexibility index (Phi) is 5.23. The third kappa shape index (κ3) is 3.86. The molecule has 1 atom stereocenters. The van der Waals surface area contributed by atoms with Gasteiger partial charge in [0, 0.05) is 18.0 Å². The van der Waals surface area contributed by atoms with Gasteiger partial charge in [-0.1, -0.05) is 6.07 Å². The number of carbonyl (C=O) groups excluding carboxylic acids is 2. The molecule has 1 heterocycles. The minimum absolute atomic E-state index is 0.0112. The van der Waals surface area contributed by atoms with Crippen LogP contribution in [0.1, 0.15) is 34.3 Å². The number of aryl methyl sites for hydroxylation is 1. The molecule has 136 valence electrons. The summed E-state index contributed by atoms with van der Waals surface area (Å²) in [4.78, 5) is 24.4. The molecule has 1 unspecified atom stereocenters. The van der Waals surface area contributed by atoms with E-state index in [1.165, 1.54) is 0 Å². The van der Waals surface area contributed by atoms with Crippen molar-refractivity contribution in [3.8, 4) is 5.75 Å². The lowest BCUT2D eigenvalue weighted by molar-refractivity contribution is -0.124. The topological polar surface area (TPSA) is 87.7 Å². The van der Waals surface area contributed by atoms with Gasteiger partial charge in [0.05, 0.1) is 5.56 Å². The van der Waals surface area contributed by atoms with Crippen molar-refractivity contribution in [3.63, 3.8) is 0 Å². The number of carbonyl (C=O) groups is 2. The molecule has 1 aliphatic heterocycles. The summed E-state index contributed by atoms with van der Waals surface area (Å²) in [5.41, 5.74) is 3.04. The highest BCUT2D eigenvalue weighted by atomic mass is 16.5. The molecule has 3 rings (SSSR count). The molecule has 6 nitrogen and oxygen atoms in total. The molecule has 3 N–H and O–H groups in total. The molecule has 2 amide bonds. The number of ether oxygens (including phenoxy) is 1. The Labute approximate surface area is 152 Å². The fourth-order valence-electron chi connectivity index (χ4n) is 2.83. The van der Waals surface area contributed by atoms with Gasteiger partial charge in [-0.15, -0.1) is 0 Å². The maximum Gasteiger partial charge on any atom is 0.259 e. The molecule has 2 aromatic carbocycles. The highest BCUT2D eigenvalue weighted by Crippen LogP contribution is 2.26. The van der Waals surface area contributed by atoms with Crippen LogP contribution in [0.3, 0.4) is 0 Å². The zero-order valence-corrected chi connectivity index (χ0v) is 14.8. The number of rotatable bonds is 4. The van der Waals surface area contributed by atoms with Crippen LogP contribution in [-0.2, 0) is 9.53 Å². The number of nitrogens with one attached hydrogen (secondary N) is 2. The molecule has 0 aliphatic carbocycles. The first-order valence-electron chi connectivity index (χ1n) is 8.59. The standard InChI is InChI=1S/C20H22N2O4/c1-12-5-10-16(18(23)13(12)2)19(24)21-14-6-8-15(9-7-14)22-20(25)17-4-3-11-26-17/h5-10,17,23H,3-4,11H2,1-2H3,(H,21,24)(H,22,25). The summed E-state index contributed by atoms with van der Waals surface area (Å²) in [7, 11) is 0. The van der Waals surface area contributed by atoms with Gasteiger partial charge in [-0.2, -0.15) is 0 Å². The second-order valence-electron chi connectivity index (χ2n) is 6.43. The maximum atomic E-state index is 12.4. The Morgan fingerprint density at radius 1 is 1.04 bits per heavy atom. The summed E-state index contributed by atoms with van der Waals surface area (Å²) in [5.74, 6) is -0.552. The van der Waals surface area contributed by atoms with Gasteiger partial charge in [0.15, 0.2) is 0 Å². The van der Waals surface area contributed by atoms with Crippen LogP contribution in [0.15, 0.2) is 36.4 Å². The summed E-state index contributed by atoms with van der Waals surface area (Å²) >= 11 is 0. The molecule has 26 heavy (non-hydrogen) atoms. The van der Waals surface area contributed by atoms with Crippen molar-refractivity contribution in [2.24, 2.45) is 0 Å². The Balaban J connectivity index is 1.64. The van der Waals surface area contributed by atoms with E-state index in [2.05, 4.69) is 10.6 Å². The van der Waals surface area contributed by atoms with E-state index in [0.717, 1.165) is 18.4 Å². The van der Waals surface area contributed by atoms with E-state index in [1.54, 1.807) is 43.3 Å². The van der Waals surface area contributed by atoms with Gasteiger partial charge in [-0.25, -0.2) is 0 Å². The van der Waals surface area contributed by atoms with E-state index in [-0.39, 0.29) is 29.2 Å². The molecule has 0 spiro atoms. The van der Waals surface area contributed by atoms with Gasteiger partial charge < -0.3 is 20.5 Å². The van der Waals surface area contributed by atoms with Gasteiger partial charge in [0.1, 0.15) is 11.9 Å². The van der Waals surface area contributed by atoms with E-state index in [4.69, 9.17) is 4.74 Å². The maximum absolute atomic E-state index is 12.4. The molecule has 6 heteroatoms. The first-order valence-corrected chi connectivity index (χ1v) is 8.59. The van der Waals surface area contributed by atoms with Crippen molar-refractivity contribution < 1.29 is 19.4 Å². The van der Waals surface area contributed by atoms with Gasteiger partial charge in [0.2, 0.25) is 0 Å². The van der Waals surface area contributed by atoms with Crippen molar-refractivity contribution in [3.05, 3.63) is 53.1 Å². The van der Waals surface area contributed by atoms with Gasteiger partial charge in [-0.05, 0) is 68.1 Å². The molecule has 0 saturated carbocycles. The molecule has 1 aliphatic rings. The van der Waals surface area contributed by atoms with E-state index in [1.807, 2.05) is 6.92 Å². The summed E-state index contributed by atoms with van der Waals surface area (Å²) < 4.78 is 5.35. The largest absolute Gasteiger partial charge is 0.507 e. The fraction of sp³-hybridized carbons (Fsp3) is 0.300. The van der Waals surface area contributed by atoms with Crippen molar-refractivity contribution in [1.82, 2.24) is 0 Å². The van der Waals surface area contributed by atoms with E-state index >= 15 is 0 Å². The lowest BCUT2D eigenvalue weighted by atomic mass is 10.0. The van der Waals surface area contributed by atoms with Crippen LogP contribution in [0, 0.1) is 13.8 Å². The predicted octanol–water partition coefficient (Wildman–Crippen LogP) is 3.38.